The van der Waals surface area contributed by atoms with Crippen molar-refractivity contribution in [1.82, 2.24) is 19.8 Å². The van der Waals surface area contributed by atoms with Gasteiger partial charge in [-0.05, 0) is 41.7 Å². The van der Waals surface area contributed by atoms with Crippen LogP contribution in [0.3, 0.4) is 0 Å². The number of carbonyl (C=O) groups excluding carboxylic acids is 2. The number of carbonyl (C=O) groups is 3. The van der Waals surface area contributed by atoms with Gasteiger partial charge in [-0.2, -0.15) is 5.10 Å². The average molecular weight is 647 g/mol. The van der Waals surface area contributed by atoms with Crippen molar-refractivity contribution < 1.29 is 33.0 Å². The number of aliphatic hydroxyl groups is 1. The number of aliphatic hydroxyl groups excluding tert-OH is 1. The first-order valence-electron chi connectivity index (χ1n) is 15.0. The average Bonchev–Trinajstić information content (AvgIpc) is 3.43. The molecule has 0 fully saturated rings. The Kier molecular flexibility index (Phi) is 11.1. The second-order valence-electron chi connectivity index (χ2n) is 11.3. The number of sulfonamides is 1. The van der Waals surface area contributed by atoms with Gasteiger partial charge >= 0.3 is 5.97 Å². The van der Waals surface area contributed by atoms with E-state index in [2.05, 4.69) is 15.1 Å². The molecule has 11 nitrogen and oxygen atoms in total. The number of nitrogens with zero attached hydrogens (tertiary/aromatic N) is 2. The summed E-state index contributed by atoms with van der Waals surface area (Å²) in [6, 6.07) is 23.2. The molecule has 46 heavy (non-hydrogen) atoms. The monoisotopic (exact) mass is 646 g/mol. The van der Waals surface area contributed by atoms with Gasteiger partial charge in [-0.15, -0.1) is 0 Å². The van der Waals surface area contributed by atoms with Gasteiger partial charge in [0.25, 0.3) is 15.9 Å². The Morgan fingerprint density at radius 3 is 2.20 bits per heavy atom. The van der Waals surface area contributed by atoms with Crippen molar-refractivity contribution in [2.45, 2.75) is 63.6 Å². The number of aliphatic carboxylic acids is 1. The predicted octanol–water partition coefficient (Wildman–Crippen LogP) is 3.80. The van der Waals surface area contributed by atoms with E-state index in [1.165, 1.54) is 6.07 Å². The van der Waals surface area contributed by atoms with Gasteiger partial charge in [0.15, 0.2) is 6.10 Å². The topological polar surface area (TPSA) is 168 Å². The van der Waals surface area contributed by atoms with Crippen LogP contribution in [0.1, 0.15) is 54.5 Å². The van der Waals surface area contributed by atoms with E-state index >= 15 is 0 Å². The zero-order valence-electron chi connectivity index (χ0n) is 25.9. The minimum absolute atomic E-state index is 0.0108. The predicted molar refractivity (Wildman–Crippen MR) is 172 cm³/mol. The van der Waals surface area contributed by atoms with Gasteiger partial charge in [-0.25, -0.2) is 17.9 Å². The molecule has 0 aliphatic heterocycles. The summed E-state index contributed by atoms with van der Waals surface area (Å²) in [4.78, 5) is 37.0. The lowest BCUT2D eigenvalue weighted by Crippen LogP contribution is -2.48. The summed E-state index contributed by atoms with van der Waals surface area (Å²) < 4.78 is 29.9. The molecule has 0 unspecified atom stereocenters. The molecule has 0 radical (unpaired) electrons. The second-order valence-corrected chi connectivity index (χ2v) is 12.9. The molecule has 4 N–H and O–H groups in total. The normalized spacial score (nSPS) is 12.8. The largest absolute Gasteiger partial charge is 0.479 e. The van der Waals surface area contributed by atoms with Crippen LogP contribution in [0.25, 0.3) is 11.1 Å². The molecular weight excluding hydrogens is 608 g/mol. The van der Waals surface area contributed by atoms with Crippen molar-refractivity contribution in [2.24, 2.45) is 5.92 Å². The van der Waals surface area contributed by atoms with Gasteiger partial charge in [0.05, 0.1) is 17.5 Å². The zero-order valence-corrected chi connectivity index (χ0v) is 26.7. The number of rotatable bonds is 14. The van der Waals surface area contributed by atoms with Crippen molar-refractivity contribution in [1.29, 1.82) is 0 Å². The summed E-state index contributed by atoms with van der Waals surface area (Å²) >= 11 is 0. The van der Waals surface area contributed by atoms with E-state index in [1.807, 2.05) is 25.1 Å². The molecule has 0 aliphatic rings. The summed E-state index contributed by atoms with van der Waals surface area (Å²) in [7, 11) is -4.10. The Balaban J connectivity index is 1.55. The fourth-order valence-corrected chi connectivity index (χ4v) is 6.24. The van der Waals surface area contributed by atoms with Crippen molar-refractivity contribution in [3.63, 3.8) is 0 Å². The summed E-state index contributed by atoms with van der Waals surface area (Å²) in [5.74, 6) is -3.14. The van der Waals surface area contributed by atoms with Gasteiger partial charge in [-0.1, -0.05) is 100.0 Å². The van der Waals surface area contributed by atoms with Crippen LogP contribution in [-0.2, 0) is 39.0 Å². The molecule has 12 heteroatoms. The van der Waals surface area contributed by atoms with Crippen LogP contribution in [0.15, 0.2) is 89.8 Å². The lowest BCUT2D eigenvalue weighted by atomic mass is 10.0. The van der Waals surface area contributed by atoms with E-state index in [0.29, 0.717) is 24.1 Å². The molecule has 0 saturated carbocycles. The minimum atomic E-state index is -4.10. The first kappa shape index (κ1) is 34.1. The molecule has 4 aromatic rings. The number of nitrogens with one attached hydrogen (secondary N) is 2. The van der Waals surface area contributed by atoms with Crippen LogP contribution in [-0.4, -0.2) is 58.3 Å². The standard InChI is InChI=1S/C34H38N4O7S/c1-4-10-26-20-29(33(41)35-28(31(39)34(42)43)19-23-11-6-5-7-12-23)36-38(26)21-24-15-17-25(18-16-24)27-13-8-9-14-30(27)46(44,45)37-32(40)22(2)3/h5-9,11-18,20,22,28,31,39H,4,10,19,21H2,1-3H3,(H,35,41)(H,37,40)(H,42,43)/t28-,31-/m1/s1. The van der Waals surface area contributed by atoms with Gasteiger partial charge in [-0.3, -0.25) is 14.3 Å². The van der Waals surface area contributed by atoms with Gasteiger partial charge in [0.2, 0.25) is 5.91 Å². The Bertz CT molecular complexity index is 1790. The summed E-state index contributed by atoms with van der Waals surface area (Å²) in [5, 5.41) is 26.9. The fourth-order valence-electron chi connectivity index (χ4n) is 4.89. The number of carboxylic acids is 1. The maximum atomic E-state index is 13.2. The molecule has 3 aromatic carbocycles. The number of carboxylic acid groups (broad SMARTS) is 1. The Hall–Kier alpha value is -4.81. The summed E-state index contributed by atoms with van der Waals surface area (Å²) in [6.07, 6.45) is -0.273. The molecular formula is C34H38N4O7S. The maximum Gasteiger partial charge on any atom is 0.334 e. The Labute approximate surface area is 268 Å². The zero-order chi connectivity index (χ0) is 33.4. The highest BCUT2D eigenvalue weighted by Gasteiger charge is 2.29. The first-order chi connectivity index (χ1) is 21.9. The third kappa shape index (κ3) is 8.46. The van der Waals surface area contributed by atoms with Gasteiger partial charge in [0, 0.05) is 17.2 Å². The van der Waals surface area contributed by atoms with E-state index < -0.39 is 45.9 Å². The molecule has 0 bridgehead atoms. The van der Waals surface area contributed by atoms with Crippen LogP contribution >= 0.6 is 0 Å². The second kappa shape index (κ2) is 15.0. The van der Waals surface area contributed by atoms with Crippen LogP contribution in [0.5, 0.6) is 0 Å². The number of aryl methyl sites for hydroxylation is 1. The number of hydrogen-bond donors (Lipinski definition) is 4. The van der Waals surface area contributed by atoms with Crippen LogP contribution in [0.2, 0.25) is 0 Å². The van der Waals surface area contributed by atoms with Crippen LogP contribution in [0.4, 0.5) is 0 Å². The van der Waals surface area contributed by atoms with Crippen LogP contribution < -0.4 is 10.0 Å². The molecule has 242 valence electrons. The lowest BCUT2D eigenvalue weighted by Gasteiger charge is -2.21. The minimum Gasteiger partial charge on any atom is -0.479 e. The Morgan fingerprint density at radius 1 is 0.913 bits per heavy atom. The summed E-state index contributed by atoms with van der Waals surface area (Å²) in [6.45, 7) is 5.55. The summed E-state index contributed by atoms with van der Waals surface area (Å²) in [5.41, 5.74) is 3.57. The van der Waals surface area contributed by atoms with Crippen molar-refractivity contribution in [3.8, 4) is 11.1 Å². The van der Waals surface area contributed by atoms with E-state index in [0.717, 1.165) is 23.2 Å². The highest BCUT2D eigenvalue weighted by Crippen LogP contribution is 2.28. The SMILES string of the molecule is CCCc1cc(C(=O)N[C@H](Cc2ccccc2)[C@@H](O)C(=O)O)nn1Cc1ccc(-c2ccccc2S(=O)(=O)NC(=O)C(C)C)cc1. The van der Waals surface area contributed by atoms with E-state index in [4.69, 9.17) is 0 Å². The Morgan fingerprint density at radius 2 is 1.57 bits per heavy atom. The van der Waals surface area contributed by atoms with Gasteiger partial charge < -0.3 is 15.5 Å². The molecule has 4 rings (SSSR count). The molecule has 0 aliphatic carbocycles. The maximum absolute atomic E-state index is 13.2. The number of hydrogen-bond acceptors (Lipinski definition) is 7. The van der Waals surface area contributed by atoms with Crippen molar-refractivity contribution in [2.75, 3.05) is 0 Å². The fraction of sp³-hybridized carbons (Fsp3) is 0.294. The number of aromatic nitrogens is 2. The van der Waals surface area contributed by atoms with E-state index in [9.17, 15) is 33.0 Å². The van der Waals surface area contributed by atoms with E-state index in [-0.39, 0.29) is 17.0 Å². The smallest absolute Gasteiger partial charge is 0.334 e. The highest BCUT2D eigenvalue weighted by atomic mass is 32.2. The van der Waals surface area contributed by atoms with Gasteiger partial charge in [0.1, 0.15) is 5.69 Å². The molecule has 2 amide bonds. The molecule has 0 saturated heterocycles. The lowest BCUT2D eigenvalue weighted by molar-refractivity contribution is -0.148. The van der Waals surface area contributed by atoms with E-state index in [1.54, 1.807) is 79.2 Å². The molecule has 1 aromatic heterocycles. The molecule has 0 spiro atoms. The quantitative estimate of drug-likeness (QED) is 0.161. The molecule has 1 heterocycles. The molecule has 2 atom stereocenters. The first-order valence-corrected chi connectivity index (χ1v) is 16.4. The third-order valence-electron chi connectivity index (χ3n) is 7.38. The number of amides is 2. The highest BCUT2D eigenvalue weighted by molar-refractivity contribution is 7.90. The van der Waals surface area contributed by atoms with Crippen LogP contribution in [0, 0.1) is 5.92 Å². The van der Waals surface area contributed by atoms with Crippen molar-refractivity contribution >= 4 is 27.8 Å². The van der Waals surface area contributed by atoms with Crippen molar-refractivity contribution in [3.05, 3.63) is 107 Å². The third-order valence-corrected chi connectivity index (χ3v) is 8.79. The number of benzene rings is 3.